The van der Waals surface area contributed by atoms with Crippen LogP contribution in [0.1, 0.15) is 45.4 Å². The van der Waals surface area contributed by atoms with Gasteiger partial charge < -0.3 is 15.1 Å². The molecule has 6 nitrogen and oxygen atoms in total. The van der Waals surface area contributed by atoms with E-state index in [9.17, 15) is 18.8 Å². The number of amides is 3. The van der Waals surface area contributed by atoms with Gasteiger partial charge in [-0.05, 0) is 44.2 Å². The number of hydrogen-bond acceptors (Lipinski definition) is 3. The SMILES string of the molecule is CCCC(=O)N1CCCC1C(=O)NC1CCCN(c2ccccc2F)C1=O. The molecule has 2 atom stereocenters. The molecule has 2 unspecified atom stereocenters. The fourth-order valence-electron chi connectivity index (χ4n) is 3.88. The summed E-state index contributed by atoms with van der Waals surface area (Å²) >= 11 is 0. The van der Waals surface area contributed by atoms with Crippen LogP contribution in [0.4, 0.5) is 10.1 Å². The third-order valence-corrected chi connectivity index (χ3v) is 5.24. The Morgan fingerprint density at radius 3 is 2.67 bits per heavy atom. The van der Waals surface area contributed by atoms with Crippen molar-refractivity contribution < 1.29 is 18.8 Å². The number of hydrogen-bond donors (Lipinski definition) is 1. The fraction of sp³-hybridized carbons (Fsp3) is 0.550. The van der Waals surface area contributed by atoms with Crippen LogP contribution in [0.25, 0.3) is 0 Å². The first-order valence-corrected chi connectivity index (χ1v) is 9.68. The van der Waals surface area contributed by atoms with Crippen molar-refractivity contribution in [2.45, 2.75) is 57.5 Å². The van der Waals surface area contributed by atoms with Gasteiger partial charge in [0.25, 0.3) is 0 Å². The van der Waals surface area contributed by atoms with E-state index in [4.69, 9.17) is 0 Å². The van der Waals surface area contributed by atoms with Crippen LogP contribution in [0.15, 0.2) is 24.3 Å². The highest BCUT2D eigenvalue weighted by atomic mass is 19.1. The molecule has 3 rings (SSSR count). The molecule has 2 fully saturated rings. The van der Waals surface area contributed by atoms with Crippen LogP contribution < -0.4 is 10.2 Å². The molecular weight excluding hydrogens is 349 g/mol. The number of benzene rings is 1. The minimum atomic E-state index is -0.686. The van der Waals surface area contributed by atoms with E-state index < -0.39 is 17.9 Å². The molecule has 0 radical (unpaired) electrons. The number of likely N-dealkylation sites (tertiary alicyclic amines) is 1. The van der Waals surface area contributed by atoms with E-state index in [1.165, 1.54) is 11.0 Å². The van der Waals surface area contributed by atoms with Crippen molar-refractivity contribution in [3.63, 3.8) is 0 Å². The van der Waals surface area contributed by atoms with Gasteiger partial charge in [-0.25, -0.2) is 4.39 Å². The van der Waals surface area contributed by atoms with E-state index in [1.54, 1.807) is 23.1 Å². The first-order chi connectivity index (χ1) is 13.0. The summed E-state index contributed by atoms with van der Waals surface area (Å²) in [5, 5.41) is 2.81. The molecule has 3 amide bonds. The molecule has 0 aromatic heterocycles. The van der Waals surface area contributed by atoms with Crippen molar-refractivity contribution in [1.82, 2.24) is 10.2 Å². The van der Waals surface area contributed by atoms with Gasteiger partial charge >= 0.3 is 0 Å². The molecule has 1 aromatic rings. The van der Waals surface area contributed by atoms with Crippen LogP contribution in [-0.2, 0) is 14.4 Å². The van der Waals surface area contributed by atoms with Crippen LogP contribution in [0.5, 0.6) is 0 Å². The van der Waals surface area contributed by atoms with E-state index in [-0.39, 0.29) is 23.4 Å². The minimum Gasteiger partial charge on any atom is -0.342 e. The number of rotatable bonds is 5. The molecule has 27 heavy (non-hydrogen) atoms. The normalized spacial score (nSPS) is 22.8. The van der Waals surface area contributed by atoms with Crippen LogP contribution in [0, 0.1) is 5.82 Å². The van der Waals surface area contributed by atoms with Crippen LogP contribution >= 0.6 is 0 Å². The van der Waals surface area contributed by atoms with Gasteiger partial charge in [0.2, 0.25) is 17.7 Å². The summed E-state index contributed by atoms with van der Waals surface area (Å²) in [6.07, 6.45) is 3.75. The predicted octanol–water partition coefficient (Wildman–Crippen LogP) is 2.23. The van der Waals surface area contributed by atoms with E-state index in [0.717, 1.165) is 12.8 Å². The Balaban J connectivity index is 1.68. The molecule has 2 aliphatic heterocycles. The van der Waals surface area contributed by atoms with Crippen LogP contribution in [0.2, 0.25) is 0 Å². The molecule has 1 N–H and O–H groups in total. The summed E-state index contributed by atoms with van der Waals surface area (Å²) < 4.78 is 14.1. The second kappa shape index (κ2) is 8.50. The quantitative estimate of drug-likeness (QED) is 0.858. The zero-order valence-electron chi connectivity index (χ0n) is 15.6. The first-order valence-electron chi connectivity index (χ1n) is 9.68. The first kappa shape index (κ1) is 19.3. The lowest BCUT2D eigenvalue weighted by atomic mass is 10.0. The Morgan fingerprint density at radius 2 is 1.93 bits per heavy atom. The van der Waals surface area contributed by atoms with Crippen molar-refractivity contribution in [3.8, 4) is 0 Å². The average Bonchev–Trinajstić information content (AvgIpc) is 3.14. The second-order valence-electron chi connectivity index (χ2n) is 7.14. The molecule has 2 aliphatic rings. The third-order valence-electron chi connectivity index (χ3n) is 5.24. The monoisotopic (exact) mass is 375 g/mol. The molecule has 0 aliphatic carbocycles. The smallest absolute Gasteiger partial charge is 0.249 e. The molecule has 2 saturated heterocycles. The number of nitrogens with one attached hydrogen (secondary N) is 1. The van der Waals surface area contributed by atoms with Gasteiger partial charge in [-0.15, -0.1) is 0 Å². The van der Waals surface area contributed by atoms with Gasteiger partial charge in [0.15, 0.2) is 0 Å². The molecule has 7 heteroatoms. The van der Waals surface area contributed by atoms with E-state index >= 15 is 0 Å². The molecule has 1 aromatic carbocycles. The number of anilines is 1. The largest absolute Gasteiger partial charge is 0.342 e. The maximum Gasteiger partial charge on any atom is 0.249 e. The maximum absolute atomic E-state index is 14.1. The Kier molecular flexibility index (Phi) is 6.08. The molecule has 0 saturated carbocycles. The fourth-order valence-corrected chi connectivity index (χ4v) is 3.88. The number of para-hydroxylation sites is 1. The Morgan fingerprint density at radius 1 is 1.19 bits per heavy atom. The van der Waals surface area contributed by atoms with Crippen molar-refractivity contribution in [2.75, 3.05) is 18.0 Å². The molecule has 0 bridgehead atoms. The van der Waals surface area contributed by atoms with Crippen LogP contribution in [-0.4, -0.2) is 47.8 Å². The number of piperidine rings is 1. The standard InChI is InChI=1S/C20H26FN3O3/c1-2-7-18(25)23-12-6-11-17(23)19(26)22-15-9-5-13-24(20(15)27)16-10-4-3-8-14(16)21/h3-4,8,10,15,17H,2,5-7,9,11-13H2,1H3,(H,22,26). The summed E-state index contributed by atoms with van der Waals surface area (Å²) in [7, 11) is 0. The second-order valence-corrected chi connectivity index (χ2v) is 7.14. The van der Waals surface area contributed by atoms with Gasteiger partial charge in [-0.1, -0.05) is 19.1 Å². The summed E-state index contributed by atoms with van der Waals surface area (Å²) in [6, 6.07) is 4.95. The van der Waals surface area contributed by atoms with E-state index in [1.807, 2.05) is 6.92 Å². The van der Waals surface area contributed by atoms with Crippen molar-refractivity contribution in [2.24, 2.45) is 0 Å². The highest BCUT2D eigenvalue weighted by molar-refractivity contribution is 6.00. The molecule has 2 heterocycles. The van der Waals surface area contributed by atoms with Crippen LogP contribution in [0.3, 0.4) is 0 Å². The number of halogens is 1. The molecule has 146 valence electrons. The molecular formula is C20H26FN3O3. The lowest BCUT2D eigenvalue weighted by molar-refractivity contribution is -0.139. The lowest BCUT2D eigenvalue weighted by Gasteiger charge is -2.34. The zero-order valence-corrected chi connectivity index (χ0v) is 15.6. The summed E-state index contributed by atoms with van der Waals surface area (Å²) in [5.74, 6) is -1.06. The Bertz CT molecular complexity index is 724. The predicted molar refractivity (Wildman–Crippen MR) is 99.6 cm³/mol. The zero-order chi connectivity index (χ0) is 19.4. The summed E-state index contributed by atoms with van der Waals surface area (Å²) in [5.41, 5.74) is 0.238. The van der Waals surface area contributed by atoms with Crippen molar-refractivity contribution in [1.29, 1.82) is 0 Å². The van der Waals surface area contributed by atoms with Gasteiger partial charge in [0, 0.05) is 19.5 Å². The Labute approximate surface area is 158 Å². The van der Waals surface area contributed by atoms with Crippen molar-refractivity contribution in [3.05, 3.63) is 30.1 Å². The maximum atomic E-state index is 14.1. The van der Waals surface area contributed by atoms with Gasteiger partial charge in [-0.3, -0.25) is 14.4 Å². The topological polar surface area (TPSA) is 69.7 Å². The number of nitrogens with zero attached hydrogens (tertiary/aromatic N) is 2. The minimum absolute atomic E-state index is 0.0156. The highest BCUT2D eigenvalue weighted by Crippen LogP contribution is 2.25. The highest BCUT2D eigenvalue weighted by Gasteiger charge is 2.37. The van der Waals surface area contributed by atoms with Gasteiger partial charge in [0.05, 0.1) is 5.69 Å². The summed E-state index contributed by atoms with van der Waals surface area (Å²) in [6.45, 7) is 2.94. The Hall–Kier alpha value is -2.44. The third kappa shape index (κ3) is 4.12. The number of carbonyl (C=O) groups is 3. The summed E-state index contributed by atoms with van der Waals surface area (Å²) in [4.78, 5) is 40.8. The van der Waals surface area contributed by atoms with E-state index in [0.29, 0.717) is 38.8 Å². The van der Waals surface area contributed by atoms with E-state index in [2.05, 4.69) is 5.32 Å². The molecule has 0 spiro atoms. The van der Waals surface area contributed by atoms with Gasteiger partial charge in [0.1, 0.15) is 17.9 Å². The van der Waals surface area contributed by atoms with Gasteiger partial charge in [-0.2, -0.15) is 0 Å². The lowest BCUT2D eigenvalue weighted by Crippen LogP contribution is -2.56. The number of carbonyl (C=O) groups excluding carboxylic acids is 3. The van der Waals surface area contributed by atoms with Crippen molar-refractivity contribution >= 4 is 23.4 Å². The average molecular weight is 375 g/mol.